The summed E-state index contributed by atoms with van der Waals surface area (Å²) in [7, 11) is 0. The van der Waals surface area contributed by atoms with E-state index < -0.39 is 6.04 Å². The van der Waals surface area contributed by atoms with Gasteiger partial charge < -0.3 is 15.5 Å². The Morgan fingerprint density at radius 2 is 1.54 bits per heavy atom. The Balaban J connectivity index is 2.20. The highest BCUT2D eigenvalue weighted by Crippen LogP contribution is 2.37. The number of amides is 1. The number of carbonyl (C=O) groups excluding carboxylic acids is 1. The van der Waals surface area contributed by atoms with Crippen LogP contribution in [0.4, 0.5) is 0 Å². The molecular formula is C22H23NO3. The molecule has 0 aliphatic carbocycles. The van der Waals surface area contributed by atoms with E-state index in [0.717, 1.165) is 10.9 Å². The van der Waals surface area contributed by atoms with Crippen molar-refractivity contribution in [3.05, 3.63) is 71.3 Å². The molecule has 1 amide bonds. The van der Waals surface area contributed by atoms with Crippen LogP contribution in [0.25, 0.3) is 10.8 Å². The highest BCUT2D eigenvalue weighted by molar-refractivity contribution is 5.90. The fourth-order valence-corrected chi connectivity index (χ4v) is 3.22. The molecule has 3 N–H and O–H groups in total. The highest BCUT2D eigenvalue weighted by atomic mass is 16.3. The maximum absolute atomic E-state index is 11.8. The average molecular weight is 349 g/mol. The third kappa shape index (κ3) is 3.49. The van der Waals surface area contributed by atoms with E-state index in [4.69, 9.17) is 0 Å². The van der Waals surface area contributed by atoms with Crippen molar-refractivity contribution in [3.63, 3.8) is 0 Å². The van der Waals surface area contributed by atoms with Gasteiger partial charge in [-0.15, -0.1) is 0 Å². The summed E-state index contributed by atoms with van der Waals surface area (Å²) in [6.07, 6.45) is 0. The number of phenolic OH excluding ortho intramolecular Hbond substituents is 2. The van der Waals surface area contributed by atoms with E-state index in [1.165, 1.54) is 12.5 Å². The zero-order valence-electron chi connectivity index (χ0n) is 15.2. The maximum Gasteiger partial charge on any atom is 0.217 e. The summed E-state index contributed by atoms with van der Waals surface area (Å²) in [6, 6.07) is 15.9. The number of nitrogens with one attached hydrogen (secondary N) is 1. The fourth-order valence-electron chi connectivity index (χ4n) is 3.22. The van der Waals surface area contributed by atoms with Crippen molar-refractivity contribution in [2.75, 3.05) is 0 Å². The molecule has 0 unspecified atom stereocenters. The van der Waals surface area contributed by atoms with Crippen molar-refractivity contribution < 1.29 is 15.0 Å². The molecule has 0 aliphatic rings. The van der Waals surface area contributed by atoms with Crippen molar-refractivity contribution in [1.82, 2.24) is 5.32 Å². The maximum atomic E-state index is 11.8. The Bertz CT molecular complexity index is 940. The Kier molecular flexibility index (Phi) is 4.85. The Morgan fingerprint density at radius 3 is 2.15 bits per heavy atom. The molecule has 1 atom stereocenters. The van der Waals surface area contributed by atoms with E-state index in [-0.39, 0.29) is 17.4 Å². The Morgan fingerprint density at radius 1 is 0.923 bits per heavy atom. The van der Waals surface area contributed by atoms with Crippen LogP contribution in [0.1, 0.15) is 49.4 Å². The first-order valence-corrected chi connectivity index (χ1v) is 8.68. The number of carbonyl (C=O) groups is 1. The monoisotopic (exact) mass is 349 g/mol. The summed E-state index contributed by atoms with van der Waals surface area (Å²) in [6.45, 7) is 5.70. The molecule has 0 saturated heterocycles. The molecule has 0 heterocycles. The Hall–Kier alpha value is -3.01. The van der Waals surface area contributed by atoms with E-state index in [1.807, 2.05) is 24.3 Å². The molecule has 134 valence electrons. The van der Waals surface area contributed by atoms with Crippen LogP contribution in [0.2, 0.25) is 0 Å². The van der Waals surface area contributed by atoms with Gasteiger partial charge in [-0.2, -0.15) is 0 Å². The topological polar surface area (TPSA) is 69.6 Å². The molecule has 0 spiro atoms. The SMILES string of the molecule is CC(=O)N[C@H](c1ccc(C(C)C)cc1)c1c(O)ccc2ccc(O)cc12. The van der Waals surface area contributed by atoms with Crippen LogP contribution in [-0.4, -0.2) is 16.1 Å². The molecule has 3 aromatic carbocycles. The summed E-state index contributed by atoms with van der Waals surface area (Å²) in [5, 5.41) is 25.0. The van der Waals surface area contributed by atoms with Gasteiger partial charge in [-0.1, -0.05) is 50.2 Å². The zero-order valence-corrected chi connectivity index (χ0v) is 15.2. The average Bonchev–Trinajstić information content (AvgIpc) is 2.60. The minimum Gasteiger partial charge on any atom is -0.508 e. The van der Waals surface area contributed by atoms with Crippen LogP contribution < -0.4 is 5.32 Å². The van der Waals surface area contributed by atoms with Crippen molar-refractivity contribution in [2.24, 2.45) is 0 Å². The van der Waals surface area contributed by atoms with Gasteiger partial charge in [0.25, 0.3) is 0 Å². The van der Waals surface area contributed by atoms with Crippen LogP contribution >= 0.6 is 0 Å². The third-order valence-corrected chi connectivity index (χ3v) is 4.60. The van der Waals surface area contributed by atoms with E-state index >= 15 is 0 Å². The second-order valence-electron chi connectivity index (χ2n) is 6.86. The highest BCUT2D eigenvalue weighted by Gasteiger charge is 2.22. The standard InChI is InChI=1S/C22H23NO3/c1-13(2)15-4-6-17(7-5-15)22(23-14(3)24)21-19-12-18(25)10-8-16(19)9-11-20(21)26/h4-13,22,25-26H,1-3H3,(H,23,24)/t22-/m1/s1. The molecule has 4 nitrogen and oxygen atoms in total. The molecule has 0 bridgehead atoms. The molecule has 0 saturated carbocycles. The predicted octanol–water partition coefficient (Wildman–Crippen LogP) is 4.60. The minimum atomic E-state index is -0.515. The lowest BCUT2D eigenvalue weighted by atomic mass is 9.91. The van der Waals surface area contributed by atoms with Crippen LogP contribution in [0.5, 0.6) is 11.5 Å². The van der Waals surface area contributed by atoms with Gasteiger partial charge in [-0.3, -0.25) is 4.79 Å². The number of benzene rings is 3. The lowest BCUT2D eigenvalue weighted by molar-refractivity contribution is -0.119. The van der Waals surface area contributed by atoms with E-state index in [2.05, 4.69) is 19.2 Å². The van der Waals surface area contributed by atoms with Gasteiger partial charge in [0.05, 0.1) is 6.04 Å². The largest absolute Gasteiger partial charge is 0.508 e. The summed E-state index contributed by atoms with van der Waals surface area (Å²) >= 11 is 0. The van der Waals surface area contributed by atoms with Crippen LogP contribution in [0, 0.1) is 0 Å². The molecule has 3 aromatic rings. The van der Waals surface area contributed by atoms with E-state index in [0.29, 0.717) is 16.9 Å². The number of fused-ring (bicyclic) bond motifs is 1. The number of aromatic hydroxyl groups is 2. The molecular weight excluding hydrogens is 326 g/mol. The van der Waals surface area contributed by atoms with Crippen molar-refractivity contribution in [2.45, 2.75) is 32.7 Å². The molecule has 0 fully saturated rings. The zero-order chi connectivity index (χ0) is 18.8. The van der Waals surface area contributed by atoms with E-state index in [1.54, 1.807) is 30.3 Å². The second-order valence-corrected chi connectivity index (χ2v) is 6.86. The second kappa shape index (κ2) is 7.08. The van der Waals surface area contributed by atoms with E-state index in [9.17, 15) is 15.0 Å². The normalized spacial score (nSPS) is 12.3. The lowest BCUT2D eigenvalue weighted by Gasteiger charge is -2.22. The molecule has 0 aromatic heterocycles. The molecule has 0 radical (unpaired) electrons. The van der Waals surface area contributed by atoms with Gasteiger partial charge in [-0.05, 0) is 46.0 Å². The summed E-state index contributed by atoms with van der Waals surface area (Å²) in [5.74, 6) is 0.404. The molecule has 3 rings (SSSR count). The molecule has 26 heavy (non-hydrogen) atoms. The lowest BCUT2D eigenvalue weighted by Crippen LogP contribution is -2.27. The Labute approximate surface area is 153 Å². The first-order chi connectivity index (χ1) is 12.4. The number of rotatable bonds is 4. The number of hydrogen-bond acceptors (Lipinski definition) is 3. The fraction of sp³-hybridized carbons (Fsp3) is 0.227. The van der Waals surface area contributed by atoms with Gasteiger partial charge in [0, 0.05) is 12.5 Å². The number of hydrogen-bond donors (Lipinski definition) is 3. The van der Waals surface area contributed by atoms with Crippen molar-refractivity contribution >= 4 is 16.7 Å². The minimum absolute atomic E-state index is 0.0785. The van der Waals surface area contributed by atoms with Gasteiger partial charge in [0.15, 0.2) is 0 Å². The van der Waals surface area contributed by atoms with Gasteiger partial charge in [0.2, 0.25) is 5.91 Å². The van der Waals surface area contributed by atoms with Gasteiger partial charge in [0.1, 0.15) is 11.5 Å². The summed E-state index contributed by atoms with van der Waals surface area (Å²) in [4.78, 5) is 11.8. The van der Waals surface area contributed by atoms with Gasteiger partial charge >= 0.3 is 0 Å². The van der Waals surface area contributed by atoms with Crippen LogP contribution in [0.3, 0.4) is 0 Å². The molecule has 0 aliphatic heterocycles. The predicted molar refractivity (Wildman–Crippen MR) is 103 cm³/mol. The van der Waals surface area contributed by atoms with Crippen molar-refractivity contribution in [1.29, 1.82) is 0 Å². The summed E-state index contributed by atoms with van der Waals surface area (Å²) in [5.41, 5.74) is 2.65. The van der Waals surface area contributed by atoms with Crippen LogP contribution in [-0.2, 0) is 4.79 Å². The number of phenols is 2. The van der Waals surface area contributed by atoms with Crippen LogP contribution in [0.15, 0.2) is 54.6 Å². The first kappa shape index (κ1) is 17.8. The first-order valence-electron chi connectivity index (χ1n) is 8.68. The molecule has 4 heteroatoms. The van der Waals surface area contributed by atoms with Crippen molar-refractivity contribution in [3.8, 4) is 11.5 Å². The van der Waals surface area contributed by atoms with Gasteiger partial charge in [-0.25, -0.2) is 0 Å². The smallest absolute Gasteiger partial charge is 0.217 e. The quantitative estimate of drug-likeness (QED) is 0.645. The summed E-state index contributed by atoms with van der Waals surface area (Å²) < 4.78 is 0. The third-order valence-electron chi connectivity index (χ3n) is 4.60.